The van der Waals surface area contributed by atoms with Crippen LogP contribution in [0.15, 0.2) is 35.2 Å². The van der Waals surface area contributed by atoms with Crippen LogP contribution in [0.1, 0.15) is 20.8 Å². The standard InChI is InChI=1S/C11H16NO2S/c1-9(2)10(3)12-15(13,14)11-7-5-4-6-8-11/h4-8,10,12H,1-3H3. The summed E-state index contributed by atoms with van der Waals surface area (Å²) in [4.78, 5) is 0.304. The van der Waals surface area contributed by atoms with E-state index in [1.165, 1.54) is 0 Å². The van der Waals surface area contributed by atoms with Crippen molar-refractivity contribution in [1.29, 1.82) is 0 Å². The van der Waals surface area contributed by atoms with Gasteiger partial charge in [0.1, 0.15) is 0 Å². The van der Waals surface area contributed by atoms with Crippen LogP contribution in [0.25, 0.3) is 0 Å². The highest BCUT2D eigenvalue weighted by atomic mass is 32.2. The fourth-order valence-corrected chi connectivity index (χ4v) is 2.37. The van der Waals surface area contributed by atoms with E-state index in [4.69, 9.17) is 0 Å². The summed E-state index contributed by atoms with van der Waals surface area (Å²) in [6, 6.07) is 8.23. The van der Waals surface area contributed by atoms with Gasteiger partial charge in [0.2, 0.25) is 10.0 Å². The van der Waals surface area contributed by atoms with Crippen molar-refractivity contribution >= 4 is 10.0 Å². The lowest BCUT2D eigenvalue weighted by Crippen LogP contribution is -2.35. The van der Waals surface area contributed by atoms with Crippen molar-refractivity contribution < 1.29 is 8.42 Å². The second kappa shape index (κ2) is 4.77. The lowest BCUT2D eigenvalue weighted by Gasteiger charge is -2.16. The molecule has 3 nitrogen and oxygen atoms in total. The summed E-state index contributed by atoms with van der Waals surface area (Å²) < 4.78 is 26.3. The third kappa shape index (κ3) is 3.32. The van der Waals surface area contributed by atoms with Crippen molar-refractivity contribution in [2.24, 2.45) is 0 Å². The smallest absolute Gasteiger partial charge is 0.208 e. The minimum Gasteiger partial charge on any atom is -0.208 e. The van der Waals surface area contributed by atoms with Crippen LogP contribution >= 0.6 is 0 Å². The van der Waals surface area contributed by atoms with Crippen LogP contribution in [-0.4, -0.2) is 14.5 Å². The first-order valence-electron chi connectivity index (χ1n) is 4.81. The molecule has 1 rings (SSSR count). The van der Waals surface area contributed by atoms with Crippen molar-refractivity contribution in [3.63, 3.8) is 0 Å². The molecule has 0 saturated heterocycles. The molecule has 15 heavy (non-hydrogen) atoms. The lowest BCUT2D eigenvalue weighted by atomic mass is 10.1. The van der Waals surface area contributed by atoms with Gasteiger partial charge in [-0.15, -0.1) is 0 Å². The molecule has 0 heterocycles. The summed E-state index contributed by atoms with van der Waals surface area (Å²) in [5.41, 5.74) is 0. The molecule has 0 saturated carbocycles. The summed E-state index contributed by atoms with van der Waals surface area (Å²) in [6.45, 7) is 5.63. The van der Waals surface area contributed by atoms with Crippen LogP contribution in [0.2, 0.25) is 0 Å². The zero-order valence-corrected chi connectivity index (χ0v) is 10.0. The largest absolute Gasteiger partial charge is 0.240 e. The van der Waals surface area contributed by atoms with E-state index < -0.39 is 10.0 Å². The minimum atomic E-state index is -3.38. The first-order valence-corrected chi connectivity index (χ1v) is 6.29. The van der Waals surface area contributed by atoms with Crippen LogP contribution < -0.4 is 4.72 Å². The SMILES string of the molecule is C[C](C)C(C)NS(=O)(=O)c1ccccc1. The highest BCUT2D eigenvalue weighted by Gasteiger charge is 2.18. The molecule has 0 aliphatic carbocycles. The van der Waals surface area contributed by atoms with Crippen molar-refractivity contribution in [3.05, 3.63) is 36.2 Å². The van der Waals surface area contributed by atoms with Gasteiger partial charge in [-0.25, -0.2) is 13.1 Å². The molecule has 1 atom stereocenters. The zero-order chi connectivity index (χ0) is 11.5. The molecule has 0 bridgehead atoms. The fraction of sp³-hybridized carbons (Fsp3) is 0.364. The third-order valence-electron chi connectivity index (χ3n) is 2.25. The molecule has 0 amide bonds. The summed E-state index contributed by atoms with van der Waals surface area (Å²) in [6.07, 6.45) is 0. The topological polar surface area (TPSA) is 46.2 Å². The van der Waals surface area contributed by atoms with Gasteiger partial charge in [-0.1, -0.05) is 32.0 Å². The van der Waals surface area contributed by atoms with E-state index in [0.717, 1.165) is 5.92 Å². The van der Waals surface area contributed by atoms with Gasteiger partial charge in [0.15, 0.2) is 0 Å². The predicted molar refractivity (Wildman–Crippen MR) is 60.8 cm³/mol. The van der Waals surface area contributed by atoms with Crippen molar-refractivity contribution in [2.75, 3.05) is 0 Å². The maximum Gasteiger partial charge on any atom is 0.240 e. The maximum absolute atomic E-state index is 11.8. The molecule has 1 N–H and O–H groups in total. The van der Waals surface area contributed by atoms with Crippen LogP contribution in [0, 0.1) is 5.92 Å². The molecule has 83 valence electrons. The van der Waals surface area contributed by atoms with Gasteiger partial charge in [-0.3, -0.25) is 0 Å². The van der Waals surface area contributed by atoms with Crippen LogP contribution in [0.5, 0.6) is 0 Å². The number of sulfonamides is 1. The van der Waals surface area contributed by atoms with E-state index in [9.17, 15) is 8.42 Å². The summed E-state index contributed by atoms with van der Waals surface area (Å²) >= 11 is 0. The molecule has 1 unspecified atom stereocenters. The number of nitrogens with one attached hydrogen (secondary N) is 1. The van der Waals surface area contributed by atoms with Gasteiger partial charge in [0, 0.05) is 6.04 Å². The Morgan fingerprint density at radius 3 is 2.20 bits per heavy atom. The predicted octanol–water partition coefficient (Wildman–Crippen LogP) is 1.97. The molecule has 1 aromatic carbocycles. The first-order chi connectivity index (χ1) is 6.93. The normalized spacial score (nSPS) is 14.1. The second-order valence-electron chi connectivity index (χ2n) is 3.73. The minimum absolute atomic E-state index is 0.143. The van der Waals surface area contributed by atoms with Crippen molar-refractivity contribution in [2.45, 2.75) is 31.7 Å². The maximum atomic E-state index is 11.8. The van der Waals surface area contributed by atoms with Gasteiger partial charge in [-0.05, 0) is 25.0 Å². The molecule has 0 aliphatic heterocycles. The number of benzene rings is 1. The van der Waals surface area contributed by atoms with E-state index in [1.54, 1.807) is 30.3 Å². The quantitative estimate of drug-likeness (QED) is 0.853. The van der Waals surface area contributed by atoms with Crippen molar-refractivity contribution in [1.82, 2.24) is 4.72 Å². The average molecular weight is 226 g/mol. The van der Waals surface area contributed by atoms with Gasteiger partial charge in [-0.2, -0.15) is 0 Å². The molecule has 0 spiro atoms. The molecule has 0 aromatic heterocycles. The van der Waals surface area contributed by atoms with E-state index >= 15 is 0 Å². The van der Waals surface area contributed by atoms with Gasteiger partial charge in [0.25, 0.3) is 0 Å². The van der Waals surface area contributed by atoms with Crippen molar-refractivity contribution in [3.8, 4) is 0 Å². The molecular weight excluding hydrogens is 210 g/mol. The van der Waals surface area contributed by atoms with E-state index in [2.05, 4.69) is 4.72 Å². The Hall–Kier alpha value is -0.870. The number of rotatable bonds is 4. The highest BCUT2D eigenvalue weighted by Crippen LogP contribution is 2.11. The Balaban J connectivity index is 2.86. The fourth-order valence-electron chi connectivity index (χ4n) is 1.02. The summed E-state index contributed by atoms with van der Waals surface area (Å²) in [5.74, 6) is 1.04. The van der Waals surface area contributed by atoms with E-state index in [-0.39, 0.29) is 6.04 Å². The van der Waals surface area contributed by atoms with Gasteiger partial charge >= 0.3 is 0 Å². The Morgan fingerprint density at radius 2 is 1.73 bits per heavy atom. The Kier molecular flexibility index (Phi) is 3.88. The second-order valence-corrected chi connectivity index (χ2v) is 5.45. The molecular formula is C11H16NO2S. The molecule has 0 fully saturated rings. The Labute approximate surface area is 91.6 Å². The van der Waals surface area contributed by atoms with Crippen LogP contribution in [0.4, 0.5) is 0 Å². The molecule has 1 aromatic rings. The highest BCUT2D eigenvalue weighted by molar-refractivity contribution is 7.89. The molecule has 0 aliphatic rings. The molecule has 4 heteroatoms. The van der Waals surface area contributed by atoms with Crippen LogP contribution in [-0.2, 0) is 10.0 Å². The Bertz CT molecular complexity index is 398. The van der Waals surface area contributed by atoms with Gasteiger partial charge in [0.05, 0.1) is 4.90 Å². The van der Waals surface area contributed by atoms with E-state index in [0.29, 0.717) is 4.90 Å². The van der Waals surface area contributed by atoms with Gasteiger partial charge < -0.3 is 0 Å². The summed E-state index contributed by atoms with van der Waals surface area (Å²) in [5, 5.41) is 0. The van der Waals surface area contributed by atoms with Crippen LogP contribution in [0.3, 0.4) is 0 Å². The Morgan fingerprint density at radius 1 is 1.20 bits per heavy atom. The summed E-state index contributed by atoms with van der Waals surface area (Å²) in [7, 11) is -3.38. The number of hydrogen-bond donors (Lipinski definition) is 1. The average Bonchev–Trinajstić information content (AvgIpc) is 2.18. The number of hydrogen-bond acceptors (Lipinski definition) is 2. The third-order valence-corrected chi connectivity index (χ3v) is 3.81. The van der Waals surface area contributed by atoms with E-state index in [1.807, 2.05) is 20.8 Å². The lowest BCUT2D eigenvalue weighted by molar-refractivity contribution is 0.564. The first kappa shape index (κ1) is 12.2. The zero-order valence-electron chi connectivity index (χ0n) is 9.19. The monoisotopic (exact) mass is 226 g/mol. The molecule has 1 radical (unpaired) electrons.